The number of allylic oxidation sites excluding steroid dienone is 3. The van der Waals surface area contributed by atoms with Crippen LogP contribution in [0.2, 0.25) is 0 Å². The molecule has 1 aromatic rings. The van der Waals surface area contributed by atoms with Gasteiger partial charge in [0, 0.05) is 77.0 Å². The van der Waals surface area contributed by atoms with E-state index in [1.165, 1.54) is 44.1 Å². The number of aliphatic hydroxyl groups is 7. The second-order valence-electron chi connectivity index (χ2n) is 29.7. The SMILES string of the molecule is CNC[C@H]1[C@@H](O)[C@@H](O)C[C@]2(C)[C@@H]3C(=CC(=O)[C@H]12)[C@]1(O)[C@@H]2C[C@H]([C@@H]4C[C@H]5CCCC6=C5[C@H](C(=C5CCCC7(CCCC7)[C@H]65)C(C)(C)C[C@@H](n5ccnc5)CSS[C@@]25CCC[C@]52CC[C@@H](O)C2)[C@H]4O)[C@@]1(CO)C[C@H]3CN=C(N)N[C@@H](C)O. The first kappa shape index (κ1) is 56.9. The fraction of sp³-hybridized carbons (Fsp3) is 0.828. The van der Waals surface area contributed by atoms with Crippen LogP contribution in [0.1, 0.15) is 169 Å². The minimum Gasteiger partial charge on any atom is -0.396 e. The highest BCUT2D eigenvalue weighted by Gasteiger charge is 2.80. The van der Waals surface area contributed by atoms with Gasteiger partial charge in [-0.15, -0.1) is 0 Å². The van der Waals surface area contributed by atoms with E-state index in [1.807, 2.05) is 41.2 Å². The quantitative estimate of drug-likeness (QED) is 0.0413. The van der Waals surface area contributed by atoms with E-state index in [4.69, 9.17) is 10.7 Å². The summed E-state index contributed by atoms with van der Waals surface area (Å²) in [6.45, 7) is 8.79. The molecule has 3 spiro atoms. The van der Waals surface area contributed by atoms with E-state index in [-0.39, 0.29) is 77.3 Å². The summed E-state index contributed by atoms with van der Waals surface area (Å²) in [5.41, 5.74) is 9.17. The van der Waals surface area contributed by atoms with Crippen molar-refractivity contribution >= 4 is 33.3 Å². The summed E-state index contributed by atoms with van der Waals surface area (Å²) in [7, 11) is 5.67. The summed E-state index contributed by atoms with van der Waals surface area (Å²) in [5.74, 6) is -2.19. The van der Waals surface area contributed by atoms with Gasteiger partial charge in [-0.1, -0.05) is 83.9 Å². The third-order valence-corrected chi connectivity index (χ3v) is 29.2. The van der Waals surface area contributed by atoms with Gasteiger partial charge in [0.05, 0.1) is 43.0 Å². The molecule has 14 nitrogen and oxygen atoms in total. The predicted molar refractivity (Wildman–Crippen MR) is 314 cm³/mol. The van der Waals surface area contributed by atoms with Crippen molar-refractivity contribution in [3.05, 3.63) is 52.7 Å². The van der Waals surface area contributed by atoms with Crippen molar-refractivity contribution in [1.82, 2.24) is 20.2 Å². The molecule has 4 bridgehead atoms. The van der Waals surface area contributed by atoms with Crippen LogP contribution in [0.25, 0.3) is 0 Å². The summed E-state index contributed by atoms with van der Waals surface area (Å²) in [6, 6.07) is 0.0717. The highest BCUT2D eigenvalue weighted by atomic mass is 33.1. The van der Waals surface area contributed by atoms with Crippen LogP contribution < -0.4 is 16.4 Å². The first-order valence-corrected chi connectivity index (χ1v) is 34.0. The van der Waals surface area contributed by atoms with Gasteiger partial charge in [-0.25, -0.2) is 4.98 Å². The molecule has 442 valence electrons. The largest absolute Gasteiger partial charge is 0.396 e. The number of fused-ring (bicyclic) bond motifs is 16. The smallest absolute Gasteiger partial charge is 0.190 e. The second-order valence-corrected chi connectivity index (χ2v) is 32.4. The van der Waals surface area contributed by atoms with Crippen molar-refractivity contribution in [2.24, 2.45) is 97.0 Å². The van der Waals surface area contributed by atoms with Crippen molar-refractivity contribution in [2.45, 2.75) is 210 Å². The first-order valence-electron chi connectivity index (χ1n) is 31.7. The van der Waals surface area contributed by atoms with E-state index in [1.54, 1.807) is 29.7 Å². The molecule has 8 saturated carbocycles. The lowest BCUT2D eigenvalue weighted by Crippen LogP contribution is -2.70. The number of aromatic nitrogens is 2. The maximum atomic E-state index is 15.8. The molecule has 21 atom stereocenters. The number of carbonyl (C=O) groups excluding carboxylic acids is 1. The third kappa shape index (κ3) is 8.09. The van der Waals surface area contributed by atoms with Crippen LogP contribution in [0.4, 0.5) is 0 Å². The Bertz CT molecular complexity index is 2690. The number of aliphatic hydroxyl groups excluding tert-OH is 6. The lowest BCUT2D eigenvalue weighted by molar-refractivity contribution is -0.198. The zero-order chi connectivity index (χ0) is 56.1. The molecule has 11 aliphatic carbocycles. The molecule has 0 aromatic carbocycles. The van der Waals surface area contributed by atoms with Gasteiger partial charge in [0.15, 0.2) is 11.7 Å². The lowest BCUT2D eigenvalue weighted by Gasteiger charge is -2.66. The number of aliphatic imine (C=N–C) groups is 1. The number of rotatable bonds is 7. The Morgan fingerprint density at radius 1 is 0.925 bits per heavy atom. The van der Waals surface area contributed by atoms with Gasteiger partial charge >= 0.3 is 0 Å². The summed E-state index contributed by atoms with van der Waals surface area (Å²) in [6.07, 6.45) is 22.6. The number of carbonyl (C=O) groups is 1. The maximum absolute atomic E-state index is 15.8. The van der Waals surface area contributed by atoms with Crippen LogP contribution in [0.5, 0.6) is 0 Å². The number of guanidine groups is 1. The molecule has 80 heavy (non-hydrogen) atoms. The van der Waals surface area contributed by atoms with Crippen molar-refractivity contribution in [2.75, 3.05) is 32.5 Å². The van der Waals surface area contributed by atoms with Crippen LogP contribution in [-0.4, -0.2) is 131 Å². The highest BCUT2D eigenvalue weighted by Crippen LogP contribution is 2.80. The molecule has 0 radical (unpaired) electrons. The lowest BCUT2D eigenvalue weighted by atomic mass is 9.40. The average molecular weight is 1140 g/mol. The number of nitrogens with two attached hydrogens (primary N) is 1. The van der Waals surface area contributed by atoms with E-state index in [0.29, 0.717) is 43.7 Å². The zero-order valence-electron chi connectivity index (χ0n) is 48.5. The molecule has 2 heterocycles. The molecule has 9 fully saturated rings. The predicted octanol–water partition coefficient (Wildman–Crippen LogP) is 7.77. The maximum Gasteiger partial charge on any atom is 0.190 e. The number of nitrogens with zero attached hydrogens (tertiary/aromatic N) is 3. The fourth-order valence-electron chi connectivity index (χ4n) is 23.4. The van der Waals surface area contributed by atoms with Crippen LogP contribution in [0, 0.1) is 86.3 Å². The Balaban J connectivity index is 1.07. The number of hydrogen-bond acceptors (Lipinski definition) is 13. The normalized spacial score (nSPS) is 47.9. The van der Waals surface area contributed by atoms with Crippen LogP contribution in [0.3, 0.4) is 0 Å². The van der Waals surface area contributed by atoms with E-state index >= 15 is 9.90 Å². The van der Waals surface area contributed by atoms with Crippen LogP contribution >= 0.6 is 21.6 Å². The number of nitrogens with one attached hydrogen (secondary N) is 2. The van der Waals surface area contributed by atoms with Gasteiger partial charge in [0.1, 0.15) is 6.23 Å². The Labute approximate surface area is 483 Å². The van der Waals surface area contributed by atoms with Crippen molar-refractivity contribution in [3.63, 3.8) is 0 Å². The van der Waals surface area contributed by atoms with Crippen molar-refractivity contribution in [1.29, 1.82) is 0 Å². The first-order chi connectivity index (χ1) is 38.2. The van der Waals surface area contributed by atoms with Gasteiger partial charge in [-0.3, -0.25) is 9.79 Å². The number of imidazole rings is 1. The summed E-state index contributed by atoms with van der Waals surface area (Å²) in [5, 5.41) is 95.6. The molecule has 16 heteroatoms. The van der Waals surface area contributed by atoms with Gasteiger partial charge in [0.2, 0.25) is 0 Å². The molecule has 0 unspecified atom stereocenters. The van der Waals surface area contributed by atoms with E-state index < -0.39 is 81.4 Å². The summed E-state index contributed by atoms with van der Waals surface area (Å²) < 4.78 is 1.72. The zero-order valence-corrected chi connectivity index (χ0v) is 50.1. The summed E-state index contributed by atoms with van der Waals surface area (Å²) in [4.78, 5) is 25.4. The standard InChI is InChI=1S/C64H96N6O8S2/c1-35(72)69-57(65)68-30-37-26-62(33-71)44-25-48(64(62,78)45-24-46(74)53-43(31-66-5)55(76)47(75)29-59(53,4)51(37)45)63(19-10-18-61(63)20-14-39(73)28-61)80-79-32-38(70-22-21-67-34-70)27-58(2,3)54-41-13-9-17-60(15-6-7-16-60)52(41)40-12-8-11-36-23-42(44)56(77)50(54)49(36)40/h21-22,24,34-39,42-44,47-48,50-53,55-56,66,71-73,75-78H,6-20,23,25-33H2,1-5H3,(H3,65,68,69)/t35-,36-,37+,38-,39-,42+,43-,44-,47+,48-,50-,51+,52-,53+,55-,56+,59-,61-,62+,63+,64+/m1/s1. The monoisotopic (exact) mass is 1140 g/mol. The van der Waals surface area contributed by atoms with Crippen LogP contribution in [-0.2, 0) is 4.79 Å². The van der Waals surface area contributed by atoms with Crippen molar-refractivity contribution < 1.29 is 40.5 Å². The van der Waals surface area contributed by atoms with E-state index in [9.17, 15) is 30.6 Å². The topological polar surface area (TPSA) is 239 Å². The molecule has 13 rings (SSSR count). The van der Waals surface area contributed by atoms with Crippen molar-refractivity contribution in [3.8, 4) is 0 Å². The molecule has 1 aliphatic heterocycles. The Hall–Kier alpha value is -2.25. The molecule has 11 N–H and O–H groups in total. The molecular weight excluding hydrogens is 1040 g/mol. The van der Waals surface area contributed by atoms with Gasteiger partial charge in [-0.2, -0.15) is 0 Å². The number of ketones is 1. The highest BCUT2D eigenvalue weighted by molar-refractivity contribution is 8.77. The van der Waals surface area contributed by atoms with E-state index in [2.05, 4.69) is 47.2 Å². The van der Waals surface area contributed by atoms with Crippen LogP contribution in [0.15, 0.2) is 57.7 Å². The van der Waals surface area contributed by atoms with Gasteiger partial charge in [0.25, 0.3) is 0 Å². The fourth-order valence-corrected chi connectivity index (χ4v) is 27.6. The molecular formula is C64H96N6O8S2. The average Bonchev–Trinajstić information content (AvgIpc) is 1.59. The molecule has 0 amide bonds. The number of hydrogen-bond donors (Lipinski definition) is 10. The Kier molecular flexibility index (Phi) is 14.5. The van der Waals surface area contributed by atoms with E-state index in [0.717, 1.165) is 70.0 Å². The Morgan fingerprint density at radius 2 is 1.70 bits per heavy atom. The molecule has 1 aromatic heterocycles. The second kappa shape index (κ2) is 20.4. The van der Waals surface area contributed by atoms with Gasteiger partial charge in [-0.05, 0) is 192 Å². The molecule has 1 saturated heterocycles. The minimum atomic E-state index is -1.77. The van der Waals surface area contributed by atoms with Gasteiger partial charge < -0.3 is 56.7 Å². The Morgan fingerprint density at radius 3 is 2.41 bits per heavy atom. The molecule has 12 aliphatic rings. The minimum absolute atomic E-state index is 0.0709. The third-order valence-electron chi connectivity index (χ3n) is 25.7. The summed E-state index contributed by atoms with van der Waals surface area (Å²) >= 11 is 0.